The number of nitrogens with zero attached hydrogens (tertiary/aromatic N) is 2. The molecule has 0 fully saturated rings. The predicted octanol–water partition coefficient (Wildman–Crippen LogP) is 3.77. The zero-order valence-corrected chi connectivity index (χ0v) is 16.3. The molecular formula is C19H16ClN5O2S. The molecule has 0 saturated heterocycles. The number of nitrogen functional groups attached to an aromatic ring is 1. The van der Waals surface area contributed by atoms with Crippen LogP contribution in [0.25, 0.3) is 11.3 Å². The number of aromatic nitrogens is 2. The maximum Gasteiger partial charge on any atom is 0.278 e. The Kier molecular flexibility index (Phi) is 6.13. The molecule has 28 heavy (non-hydrogen) atoms. The van der Waals surface area contributed by atoms with Crippen LogP contribution in [0.4, 0.5) is 11.5 Å². The van der Waals surface area contributed by atoms with Gasteiger partial charge in [0.15, 0.2) is 11.5 Å². The second-order valence-electron chi connectivity index (χ2n) is 5.73. The number of benzene rings is 2. The van der Waals surface area contributed by atoms with Crippen LogP contribution in [-0.4, -0.2) is 21.8 Å². The van der Waals surface area contributed by atoms with Gasteiger partial charge >= 0.3 is 0 Å². The molecule has 0 aliphatic carbocycles. The topological polar surface area (TPSA) is 110 Å². The SMILES string of the molecule is CC(=O)NSc1ccc(NC(=O)c2nc(-c3ccc(Cl)cc3)cnc2N)cc1. The van der Waals surface area contributed by atoms with Crippen LogP contribution < -0.4 is 15.8 Å². The number of carbonyl (C=O) groups is 2. The van der Waals surface area contributed by atoms with Crippen LogP contribution in [0, 0.1) is 0 Å². The monoisotopic (exact) mass is 413 g/mol. The number of halogens is 1. The summed E-state index contributed by atoms with van der Waals surface area (Å²) in [4.78, 5) is 32.8. The molecule has 7 nitrogen and oxygen atoms in total. The summed E-state index contributed by atoms with van der Waals surface area (Å²) in [6.07, 6.45) is 1.50. The second kappa shape index (κ2) is 8.73. The van der Waals surface area contributed by atoms with Crippen molar-refractivity contribution in [2.45, 2.75) is 11.8 Å². The molecule has 9 heteroatoms. The van der Waals surface area contributed by atoms with E-state index in [4.69, 9.17) is 17.3 Å². The van der Waals surface area contributed by atoms with Crippen LogP contribution in [-0.2, 0) is 4.79 Å². The van der Waals surface area contributed by atoms with Gasteiger partial charge in [-0.15, -0.1) is 0 Å². The maximum absolute atomic E-state index is 12.6. The molecular weight excluding hydrogens is 398 g/mol. The number of anilines is 2. The van der Waals surface area contributed by atoms with E-state index in [1.54, 1.807) is 48.5 Å². The molecule has 2 amide bonds. The van der Waals surface area contributed by atoms with Crippen molar-refractivity contribution in [2.75, 3.05) is 11.1 Å². The van der Waals surface area contributed by atoms with E-state index in [-0.39, 0.29) is 17.4 Å². The Morgan fingerprint density at radius 1 is 1.07 bits per heavy atom. The molecule has 3 rings (SSSR count). The Morgan fingerprint density at radius 3 is 2.39 bits per heavy atom. The predicted molar refractivity (Wildman–Crippen MR) is 111 cm³/mol. The van der Waals surface area contributed by atoms with Crippen molar-refractivity contribution in [3.8, 4) is 11.3 Å². The normalized spacial score (nSPS) is 10.4. The van der Waals surface area contributed by atoms with Gasteiger partial charge in [0.1, 0.15) is 0 Å². The summed E-state index contributed by atoms with van der Waals surface area (Å²) < 4.78 is 2.63. The first-order valence-electron chi connectivity index (χ1n) is 8.15. The molecule has 0 bridgehead atoms. The molecule has 0 radical (unpaired) electrons. The number of rotatable bonds is 5. The molecule has 0 aliphatic rings. The van der Waals surface area contributed by atoms with Gasteiger partial charge in [0.25, 0.3) is 5.91 Å². The maximum atomic E-state index is 12.6. The van der Waals surface area contributed by atoms with Crippen molar-refractivity contribution in [3.05, 3.63) is 65.4 Å². The second-order valence-corrected chi connectivity index (χ2v) is 7.05. The number of nitrogens with two attached hydrogens (primary N) is 1. The van der Waals surface area contributed by atoms with Gasteiger partial charge in [-0.3, -0.25) is 14.3 Å². The van der Waals surface area contributed by atoms with E-state index in [1.807, 2.05) is 0 Å². The van der Waals surface area contributed by atoms with Gasteiger partial charge in [-0.2, -0.15) is 0 Å². The van der Waals surface area contributed by atoms with E-state index in [1.165, 1.54) is 25.1 Å². The Hall–Kier alpha value is -3.10. The van der Waals surface area contributed by atoms with Crippen LogP contribution in [0.2, 0.25) is 5.02 Å². The van der Waals surface area contributed by atoms with Gasteiger partial charge in [-0.1, -0.05) is 23.7 Å². The van der Waals surface area contributed by atoms with Crippen molar-refractivity contribution in [1.29, 1.82) is 0 Å². The van der Waals surface area contributed by atoms with Crippen molar-refractivity contribution in [2.24, 2.45) is 0 Å². The van der Waals surface area contributed by atoms with Crippen LogP contribution in [0.3, 0.4) is 0 Å². The van der Waals surface area contributed by atoms with E-state index in [0.29, 0.717) is 16.4 Å². The Bertz CT molecular complexity index is 1010. The molecule has 0 unspecified atom stereocenters. The first kappa shape index (κ1) is 19.7. The van der Waals surface area contributed by atoms with E-state index in [0.717, 1.165) is 10.5 Å². The third-order valence-corrected chi connectivity index (χ3v) is 4.73. The summed E-state index contributed by atoms with van der Waals surface area (Å²) in [6, 6.07) is 14.0. The Morgan fingerprint density at radius 2 is 1.75 bits per heavy atom. The van der Waals surface area contributed by atoms with Gasteiger partial charge in [0.05, 0.1) is 11.9 Å². The van der Waals surface area contributed by atoms with E-state index < -0.39 is 5.91 Å². The minimum atomic E-state index is -0.469. The minimum absolute atomic E-state index is 0.0316. The highest BCUT2D eigenvalue weighted by molar-refractivity contribution is 7.98. The van der Waals surface area contributed by atoms with E-state index >= 15 is 0 Å². The largest absolute Gasteiger partial charge is 0.382 e. The van der Waals surface area contributed by atoms with E-state index in [9.17, 15) is 9.59 Å². The van der Waals surface area contributed by atoms with E-state index in [2.05, 4.69) is 20.0 Å². The van der Waals surface area contributed by atoms with Crippen molar-refractivity contribution >= 4 is 46.9 Å². The van der Waals surface area contributed by atoms with Crippen LogP contribution in [0.5, 0.6) is 0 Å². The van der Waals surface area contributed by atoms with Crippen LogP contribution in [0.1, 0.15) is 17.4 Å². The van der Waals surface area contributed by atoms with Crippen LogP contribution in [0.15, 0.2) is 59.6 Å². The van der Waals surface area contributed by atoms with Gasteiger partial charge in [-0.25, -0.2) is 9.97 Å². The molecule has 4 N–H and O–H groups in total. The van der Waals surface area contributed by atoms with Crippen molar-refractivity contribution in [1.82, 2.24) is 14.7 Å². The average molecular weight is 414 g/mol. The molecule has 0 spiro atoms. The van der Waals surface area contributed by atoms with Crippen molar-refractivity contribution in [3.63, 3.8) is 0 Å². The summed E-state index contributed by atoms with van der Waals surface area (Å²) in [6.45, 7) is 1.44. The zero-order valence-electron chi connectivity index (χ0n) is 14.8. The molecule has 1 aromatic heterocycles. The molecule has 1 heterocycles. The average Bonchev–Trinajstić information content (AvgIpc) is 2.68. The fraction of sp³-hybridized carbons (Fsp3) is 0.0526. The lowest BCUT2D eigenvalue weighted by Crippen LogP contribution is -2.17. The first-order valence-corrected chi connectivity index (χ1v) is 9.35. The highest BCUT2D eigenvalue weighted by atomic mass is 35.5. The molecule has 0 saturated carbocycles. The highest BCUT2D eigenvalue weighted by Crippen LogP contribution is 2.22. The summed E-state index contributed by atoms with van der Waals surface area (Å²) in [5, 5.41) is 3.34. The van der Waals surface area contributed by atoms with Crippen molar-refractivity contribution < 1.29 is 9.59 Å². The summed E-state index contributed by atoms with van der Waals surface area (Å²) in [5.74, 6) is -0.576. The standard InChI is InChI=1S/C19H16ClN5O2S/c1-11(26)25-28-15-8-6-14(7-9-15)23-19(27)17-18(21)22-10-16(24-17)12-2-4-13(20)5-3-12/h2-10H,1H3,(H2,21,22)(H,23,27)(H,25,26). The van der Waals surface area contributed by atoms with Crippen LogP contribution >= 0.6 is 23.5 Å². The summed E-state index contributed by atoms with van der Waals surface area (Å²) in [7, 11) is 0. The first-order chi connectivity index (χ1) is 13.4. The van der Waals surface area contributed by atoms with Gasteiger partial charge < -0.3 is 11.1 Å². The lowest BCUT2D eigenvalue weighted by atomic mass is 10.1. The molecule has 0 aliphatic heterocycles. The number of hydrogen-bond acceptors (Lipinski definition) is 6. The lowest BCUT2D eigenvalue weighted by molar-refractivity contribution is -0.117. The number of carbonyl (C=O) groups excluding carboxylic acids is 2. The highest BCUT2D eigenvalue weighted by Gasteiger charge is 2.15. The third kappa shape index (κ3) is 4.99. The fourth-order valence-corrected chi connectivity index (χ4v) is 2.91. The third-order valence-electron chi connectivity index (χ3n) is 3.58. The number of hydrogen-bond donors (Lipinski definition) is 3. The number of amides is 2. The van der Waals surface area contributed by atoms with Gasteiger partial charge in [0, 0.05) is 28.1 Å². The number of nitrogens with one attached hydrogen (secondary N) is 2. The van der Waals surface area contributed by atoms with Gasteiger partial charge in [0.2, 0.25) is 5.91 Å². The Labute approximate surface area is 170 Å². The zero-order chi connectivity index (χ0) is 20.1. The van der Waals surface area contributed by atoms with Gasteiger partial charge in [-0.05, 0) is 48.3 Å². The molecule has 142 valence electrons. The smallest absolute Gasteiger partial charge is 0.278 e. The summed E-state index contributed by atoms with van der Waals surface area (Å²) in [5.41, 5.74) is 7.72. The quantitative estimate of drug-likeness (QED) is 0.549. The minimum Gasteiger partial charge on any atom is -0.382 e. The molecule has 2 aromatic carbocycles. The molecule has 3 aromatic rings. The Balaban J connectivity index is 1.76. The lowest BCUT2D eigenvalue weighted by Gasteiger charge is -2.09. The fourth-order valence-electron chi connectivity index (χ4n) is 2.25. The molecule has 0 atom stereocenters. The summed E-state index contributed by atoms with van der Waals surface area (Å²) >= 11 is 7.09.